The second-order valence-electron chi connectivity index (χ2n) is 6.65. The molecular weight excluding hydrogens is 332 g/mol. The van der Waals surface area contributed by atoms with Gasteiger partial charge in [-0.2, -0.15) is 0 Å². The first-order chi connectivity index (χ1) is 12.6. The third kappa shape index (κ3) is 6.24. The summed E-state index contributed by atoms with van der Waals surface area (Å²) in [6.07, 6.45) is 4.07. The van der Waals surface area contributed by atoms with Gasteiger partial charge in [-0.05, 0) is 56.4 Å². The Kier molecular flexibility index (Phi) is 8.25. The van der Waals surface area contributed by atoms with Gasteiger partial charge in [0.15, 0.2) is 0 Å². The molecule has 2 rings (SSSR count). The van der Waals surface area contributed by atoms with Crippen LogP contribution in [0.1, 0.15) is 39.0 Å². The van der Waals surface area contributed by atoms with Crippen molar-refractivity contribution in [2.45, 2.75) is 39.0 Å². The second kappa shape index (κ2) is 10.7. The van der Waals surface area contributed by atoms with Crippen LogP contribution >= 0.6 is 0 Å². The molecule has 0 aromatic heterocycles. The third-order valence-electron chi connectivity index (χ3n) is 4.75. The minimum Gasteiger partial charge on any atom is -0.497 e. The molecule has 2 N–H and O–H groups in total. The van der Waals surface area contributed by atoms with Gasteiger partial charge >= 0.3 is 0 Å². The maximum absolute atomic E-state index is 12.3. The number of carbonyl (C=O) groups excluding carboxylic acids is 2. The quantitative estimate of drug-likeness (QED) is 0.662. The van der Waals surface area contributed by atoms with Gasteiger partial charge in [-0.1, -0.05) is 6.92 Å². The van der Waals surface area contributed by atoms with Gasteiger partial charge in [0.2, 0.25) is 11.8 Å². The fraction of sp³-hybridized carbons (Fsp3) is 0.600. The van der Waals surface area contributed by atoms with Crippen LogP contribution in [0.25, 0.3) is 0 Å². The smallest absolute Gasteiger partial charge is 0.223 e. The van der Waals surface area contributed by atoms with Crippen LogP contribution in [0.4, 0.5) is 0 Å². The Labute approximate surface area is 155 Å². The molecule has 1 aromatic rings. The molecule has 1 aliphatic rings. The van der Waals surface area contributed by atoms with Crippen molar-refractivity contribution in [2.75, 3.05) is 26.8 Å². The van der Waals surface area contributed by atoms with Crippen molar-refractivity contribution < 1.29 is 19.1 Å². The van der Waals surface area contributed by atoms with Gasteiger partial charge in [-0.25, -0.2) is 0 Å². The number of nitrogens with one attached hydrogen (secondary N) is 2. The Morgan fingerprint density at radius 1 is 0.923 bits per heavy atom. The van der Waals surface area contributed by atoms with Crippen LogP contribution in [0.2, 0.25) is 0 Å². The number of hydrogen-bond donors (Lipinski definition) is 2. The highest BCUT2D eigenvalue weighted by Crippen LogP contribution is 2.29. The average molecular weight is 362 g/mol. The van der Waals surface area contributed by atoms with E-state index in [2.05, 4.69) is 10.6 Å². The molecular formula is C20H30N2O4. The van der Waals surface area contributed by atoms with Gasteiger partial charge in [-0.15, -0.1) is 0 Å². The molecule has 6 nitrogen and oxygen atoms in total. The number of rotatable bonds is 9. The van der Waals surface area contributed by atoms with Crippen molar-refractivity contribution in [3.63, 3.8) is 0 Å². The molecule has 26 heavy (non-hydrogen) atoms. The zero-order valence-corrected chi connectivity index (χ0v) is 15.8. The van der Waals surface area contributed by atoms with E-state index in [0.717, 1.165) is 50.1 Å². The molecule has 0 aliphatic heterocycles. The lowest BCUT2D eigenvalue weighted by atomic mass is 9.81. The van der Waals surface area contributed by atoms with Crippen LogP contribution in [-0.4, -0.2) is 38.6 Å². The largest absolute Gasteiger partial charge is 0.497 e. The minimum absolute atomic E-state index is 0.00575. The van der Waals surface area contributed by atoms with Gasteiger partial charge in [0.05, 0.1) is 13.7 Å². The van der Waals surface area contributed by atoms with E-state index >= 15 is 0 Å². The maximum atomic E-state index is 12.3. The molecule has 0 heterocycles. The molecule has 1 saturated carbocycles. The molecule has 6 heteroatoms. The maximum Gasteiger partial charge on any atom is 0.223 e. The Balaban J connectivity index is 1.62. The number of hydrogen-bond acceptors (Lipinski definition) is 4. The van der Waals surface area contributed by atoms with E-state index in [4.69, 9.17) is 9.47 Å². The van der Waals surface area contributed by atoms with E-state index in [0.29, 0.717) is 13.2 Å². The first-order valence-electron chi connectivity index (χ1n) is 9.46. The van der Waals surface area contributed by atoms with Crippen LogP contribution in [0, 0.1) is 11.8 Å². The summed E-state index contributed by atoms with van der Waals surface area (Å²) in [5, 5.41) is 5.88. The van der Waals surface area contributed by atoms with Crippen molar-refractivity contribution in [1.29, 1.82) is 0 Å². The molecule has 0 atom stereocenters. The lowest BCUT2D eigenvalue weighted by Gasteiger charge is -2.27. The first-order valence-corrected chi connectivity index (χ1v) is 9.46. The molecule has 0 spiro atoms. The van der Waals surface area contributed by atoms with Crippen LogP contribution in [0.5, 0.6) is 11.5 Å². The first kappa shape index (κ1) is 20.1. The normalized spacial score (nSPS) is 19.5. The molecule has 1 aliphatic carbocycles. The highest BCUT2D eigenvalue weighted by Gasteiger charge is 2.29. The molecule has 0 radical (unpaired) electrons. The predicted molar refractivity (Wildman–Crippen MR) is 100 cm³/mol. The molecule has 0 unspecified atom stereocenters. The predicted octanol–water partition coefficient (Wildman–Crippen LogP) is 2.52. The number of ether oxygens (including phenoxy) is 2. The summed E-state index contributed by atoms with van der Waals surface area (Å²) in [5.74, 6) is 1.80. The molecule has 1 fully saturated rings. The van der Waals surface area contributed by atoms with Gasteiger partial charge in [-0.3, -0.25) is 9.59 Å². The zero-order chi connectivity index (χ0) is 18.8. The number of amides is 2. The van der Waals surface area contributed by atoms with Crippen LogP contribution in [0.3, 0.4) is 0 Å². The summed E-state index contributed by atoms with van der Waals surface area (Å²) in [6.45, 7) is 3.67. The highest BCUT2D eigenvalue weighted by molar-refractivity contribution is 5.81. The lowest BCUT2D eigenvalue weighted by Crippen LogP contribution is -2.38. The van der Waals surface area contributed by atoms with Crippen molar-refractivity contribution >= 4 is 11.8 Å². The van der Waals surface area contributed by atoms with Crippen molar-refractivity contribution in [2.24, 2.45) is 11.8 Å². The van der Waals surface area contributed by atoms with E-state index in [9.17, 15) is 9.59 Å². The van der Waals surface area contributed by atoms with Gasteiger partial charge in [0.25, 0.3) is 0 Å². The zero-order valence-electron chi connectivity index (χ0n) is 15.8. The van der Waals surface area contributed by atoms with Gasteiger partial charge in [0.1, 0.15) is 18.1 Å². The number of methoxy groups -OCH3 is 1. The Bertz CT molecular complexity index is 566. The lowest BCUT2D eigenvalue weighted by molar-refractivity contribution is -0.130. The highest BCUT2D eigenvalue weighted by atomic mass is 16.5. The van der Waals surface area contributed by atoms with E-state index in [1.165, 1.54) is 0 Å². The van der Waals surface area contributed by atoms with E-state index in [1.807, 2.05) is 31.2 Å². The van der Waals surface area contributed by atoms with Crippen LogP contribution in [-0.2, 0) is 9.59 Å². The molecule has 1 aromatic carbocycles. The molecule has 0 bridgehead atoms. The standard InChI is InChI=1S/C20H30N2O4/c1-3-12-21-19(23)15-4-6-16(7-5-15)20(24)22-13-14-26-18-10-8-17(25-2)9-11-18/h8-11,15-16H,3-7,12-14H2,1-2H3,(H,21,23)(H,22,24). The van der Waals surface area contributed by atoms with E-state index in [1.54, 1.807) is 7.11 Å². The van der Waals surface area contributed by atoms with E-state index in [-0.39, 0.29) is 23.7 Å². The van der Waals surface area contributed by atoms with Crippen molar-refractivity contribution in [3.8, 4) is 11.5 Å². The molecule has 2 amide bonds. The topological polar surface area (TPSA) is 76.7 Å². The Hall–Kier alpha value is -2.24. The van der Waals surface area contributed by atoms with Gasteiger partial charge < -0.3 is 20.1 Å². The summed E-state index contributed by atoms with van der Waals surface area (Å²) in [5.41, 5.74) is 0. The van der Waals surface area contributed by atoms with E-state index < -0.39 is 0 Å². The third-order valence-corrected chi connectivity index (χ3v) is 4.75. The Morgan fingerprint density at radius 2 is 1.42 bits per heavy atom. The fourth-order valence-corrected chi connectivity index (χ4v) is 3.17. The summed E-state index contributed by atoms with van der Waals surface area (Å²) >= 11 is 0. The summed E-state index contributed by atoms with van der Waals surface area (Å²) in [7, 11) is 1.62. The summed E-state index contributed by atoms with van der Waals surface area (Å²) in [6, 6.07) is 7.35. The summed E-state index contributed by atoms with van der Waals surface area (Å²) in [4.78, 5) is 24.2. The number of carbonyl (C=O) groups is 2. The number of benzene rings is 1. The van der Waals surface area contributed by atoms with Gasteiger partial charge in [0, 0.05) is 18.4 Å². The minimum atomic E-state index is 0.00575. The monoisotopic (exact) mass is 362 g/mol. The van der Waals surface area contributed by atoms with Crippen molar-refractivity contribution in [1.82, 2.24) is 10.6 Å². The second-order valence-corrected chi connectivity index (χ2v) is 6.65. The molecule has 144 valence electrons. The van der Waals surface area contributed by atoms with Crippen LogP contribution < -0.4 is 20.1 Å². The molecule has 0 saturated heterocycles. The van der Waals surface area contributed by atoms with Crippen molar-refractivity contribution in [3.05, 3.63) is 24.3 Å². The Morgan fingerprint density at radius 3 is 1.92 bits per heavy atom. The summed E-state index contributed by atoms with van der Waals surface area (Å²) < 4.78 is 10.7. The average Bonchev–Trinajstić information content (AvgIpc) is 2.69. The SMILES string of the molecule is CCCNC(=O)C1CCC(C(=O)NCCOc2ccc(OC)cc2)CC1. The van der Waals surface area contributed by atoms with Crippen LogP contribution in [0.15, 0.2) is 24.3 Å². The fourth-order valence-electron chi connectivity index (χ4n) is 3.17.